The molecular weight excluding hydrogens is 228 g/mol. The van der Waals surface area contributed by atoms with E-state index >= 15 is 0 Å². The molecule has 1 saturated heterocycles. The summed E-state index contributed by atoms with van der Waals surface area (Å²) in [6, 6.07) is -0.370. The second-order valence-corrected chi connectivity index (χ2v) is 6.44. The predicted octanol–water partition coefficient (Wildman–Crippen LogP) is 0.324. The molecule has 1 unspecified atom stereocenters. The Balaban J connectivity index is 2.55. The van der Waals surface area contributed by atoms with Crippen LogP contribution in [0.4, 0.5) is 0 Å². The molecule has 0 aliphatic carbocycles. The van der Waals surface area contributed by atoms with Gasteiger partial charge in [0.05, 0.1) is 6.61 Å². The molecule has 1 rings (SSSR count). The van der Waals surface area contributed by atoms with E-state index in [1.807, 2.05) is 13.8 Å². The SMILES string of the molecule is CC(C)CC(CO)NS(=O)(=O)N1CCCC1. The van der Waals surface area contributed by atoms with E-state index in [-0.39, 0.29) is 12.6 Å². The number of aliphatic hydroxyl groups excluding tert-OH is 1. The van der Waals surface area contributed by atoms with Crippen LogP contribution < -0.4 is 4.72 Å². The van der Waals surface area contributed by atoms with Gasteiger partial charge in [0.15, 0.2) is 0 Å². The molecule has 0 aromatic heterocycles. The molecule has 16 heavy (non-hydrogen) atoms. The molecule has 1 heterocycles. The maximum Gasteiger partial charge on any atom is 0.279 e. The summed E-state index contributed by atoms with van der Waals surface area (Å²) in [6.45, 7) is 5.05. The second-order valence-electron chi connectivity index (χ2n) is 4.74. The van der Waals surface area contributed by atoms with Gasteiger partial charge in [0.1, 0.15) is 0 Å². The van der Waals surface area contributed by atoms with Gasteiger partial charge < -0.3 is 5.11 Å². The standard InChI is InChI=1S/C10H22N2O3S/c1-9(2)7-10(8-13)11-16(14,15)12-5-3-4-6-12/h9-11,13H,3-8H2,1-2H3. The van der Waals surface area contributed by atoms with Crippen LogP contribution >= 0.6 is 0 Å². The van der Waals surface area contributed by atoms with Crippen LogP contribution in [0.5, 0.6) is 0 Å². The van der Waals surface area contributed by atoms with Crippen molar-refractivity contribution >= 4 is 10.2 Å². The minimum atomic E-state index is -3.39. The van der Waals surface area contributed by atoms with E-state index < -0.39 is 10.2 Å². The molecule has 0 spiro atoms. The van der Waals surface area contributed by atoms with Crippen LogP contribution in [-0.2, 0) is 10.2 Å². The van der Waals surface area contributed by atoms with Crippen molar-refractivity contribution in [1.29, 1.82) is 0 Å². The third kappa shape index (κ3) is 4.01. The quantitative estimate of drug-likeness (QED) is 0.713. The Kier molecular flexibility index (Phi) is 5.17. The summed E-state index contributed by atoms with van der Waals surface area (Å²) in [4.78, 5) is 0. The van der Waals surface area contributed by atoms with Crippen molar-refractivity contribution in [3.63, 3.8) is 0 Å². The average molecular weight is 250 g/mol. The summed E-state index contributed by atoms with van der Waals surface area (Å²) in [5.74, 6) is 0.360. The summed E-state index contributed by atoms with van der Waals surface area (Å²) in [5, 5.41) is 9.14. The van der Waals surface area contributed by atoms with Gasteiger partial charge in [-0.15, -0.1) is 0 Å². The first kappa shape index (κ1) is 13.9. The second kappa shape index (κ2) is 5.95. The van der Waals surface area contributed by atoms with Crippen molar-refractivity contribution < 1.29 is 13.5 Å². The van der Waals surface area contributed by atoms with Crippen molar-refractivity contribution in [3.8, 4) is 0 Å². The highest BCUT2D eigenvalue weighted by atomic mass is 32.2. The summed E-state index contributed by atoms with van der Waals surface area (Å²) in [5.41, 5.74) is 0. The van der Waals surface area contributed by atoms with Gasteiger partial charge in [-0.25, -0.2) is 0 Å². The van der Waals surface area contributed by atoms with Gasteiger partial charge in [-0.3, -0.25) is 0 Å². The number of nitrogens with one attached hydrogen (secondary N) is 1. The Morgan fingerprint density at radius 2 is 1.88 bits per heavy atom. The van der Waals surface area contributed by atoms with E-state index in [4.69, 9.17) is 5.11 Å². The molecule has 0 aromatic rings. The van der Waals surface area contributed by atoms with E-state index in [9.17, 15) is 8.42 Å². The lowest BCUT2D eigenvalue weighted by molar-refractivity contribution is 0.238. The van der Waals surface area contributed by atoms with E-state index in [0.29, 0.717) is 25.4 Å². The summed E-state index contributed by atoms with van der Waals surface area (Å²) in [7, 11) is -3.39. The average Bonchev–Trinajstić information content (AvgIpc) is 2.68. The van der Waals surface area contributed by atoms with Crippen molar-refractivity contribution in [2.24, 2.45) is 5.92 Å². The molecule has 0 saturated carbocycles. The number of aliphatic hydroxyl groups is 1. The lowest BCUT2D eigenvalue weighted by Gasteiger charge is -2.22. The van der Waals surface area contributed by atoms with Crippen LogP contribution in [0.3, 0.4) is 0 Å². The van der Waals surface area contributed by atoms with E-state index in [1.165, 1.54) is 4.31 Å². The number of nitrogens with zero attached hydrogens (tertiary/aromatic N) is 1. The molecule has 1 atom stereocenters. The molecule has 1 aliphatic rings. The summed E-state index contributed by atoms with van der Waals surface area (Å²) in [6.07, 6.45) is 2.51. The minimum Gasteiger partial charge on any atom is -0.395 e. The fraction of sp³-hybridized carbons (Fsp3) is 1.00. The van der Waals surface area contributed by atoms with Gasteiger partial charge in [-0.05, 0) is 25.2 Å². The van der Waals surface area contributed by atoms with Gasteiger partial charge >= 0.3 is 0 Å². The molecule has 6 heteroatoms. The minimum absolute atomic E-state index is 0.148. The van der Waals surface area contributed by atoms with Gasteiger partial charge in [0, 0.05) is 19.1 Å². The third-order valence-electron chi connectivity index (χ3n) is 2.70. The Labute approximate surface area is 98.0 Å². The smallest absolute Gasteiger partial charge is 0.279 e. The maximum atomic E-state index is 11.9. The Hall–Kier alpha value is -0.170. The van der Waals surface area contributed by atoms with E-state index in [2.05, 4.69) is 4.72 Å². The van der Waals surface area contributed by atoms with Gasteiger partial charge in [-0.2, -0.15) is 17.4 Å². The Bertz CT molecular complexity index is 297. The largest absolute Gasteiger partial charge is 0.395 e. The van der Waals surface area contributed by atoms with Crippen molar-refractivity contribution in [1.82, 2.24) is 9.03 Å². The molecule has 1 aliphatic heterocycles. The van der Waals surface area contributed by atoms with Crippen LogP contribution in [0, 0.1) is 5.92 Å². The predicted molar refractivity (Wildman–Crippen MR) is 63.2 cm³/mol. The molecule has 5 nitrogen and oxygen atoms in total. The molecule has 2 N–H and O–H groups in total. The highest BCUT2D eigenvalue weighted by molar-refractivity contribution is 7.87. The first-order valence-electron chi connectivity index (χ1n) is 5.84. The highest BCUT2D eigenvalue weighted by Crippen LogP contribution is 2.13. The summed E-state index contributed by atoms with van der Waals surface area (Å²) < 4.78 is 27.8. The zero-order valence-electron chi connectivity index (χ0n) is 10.0. The lowest BCUT2D eigenvalue weighted by atomic mass is 10.1. The topological polar surface area (TPSA) is 69.6 Å². The Morgan fingerprint density at radius 3 is 2.31 bits per heavy atom. The number of hydrogen-bond acceptors (Lipinski definition) is 3. The van der Waals surface area contributed by atoms with Crippen LogP contribution in [0.15, 0.2) is 0 Å². The molecule has 0 aromatic carbocycles. The summed E-state index contributed by atoms with van der Waals surface area (Å²) >= 11 is 0. The fourth-order valence-electron chi connectivity index (χ4n) is 1.94. The fourth-order valence-corrected chi connectivity index (χ4v) is 3.42. The van der Waals surface area contributed by atoms with Gasteiger partial charge in [-0.1, -0.05) is 13.8 Å². The van der Waals surface area contributed by atoms with Gasteiger partial charge in [0.2, 0.25) is 0 Å². The molecule has 0 bridgehead atoms. The lowest BCUT2D eigenvalue weighted by Crippen LogP contribution is -2.46. The van der Waals surface area contributed by atoms with Gasteiger partial charge in [0.25, 0.3) is 10.2 Å². The Morgan fingerprint density at radius 1 is 1.31 bits per heavy atom. The molecule has 0 radical (unpaired) electrons. The van der Waals surface area contributed by atoms with Crippen molar-refractivity contribution in [3.05, 3.63) is 0 Å². The normalized spacial score (nSPS) is 20.5. The maximum absolute atomic E-state index is 11.9. The van der Waals surface area contributed by atoms with Crippen LogP contribution in [0.2, 0.25) is 0 Å². The van der Waals surface area contributed by atoms with Crippen LogP contribution in [-0.4, -0.2) is 43.6 Å². The molecule has 0 amide bonds. The van der Waals surface area contributed by atoms with Crippen molar-refractivity contribution in [2.45, 2.75) is 39.2 Å². The van der Waals surface area contributed by atoms with E-state index in [1.54, 1.807) is 0 Å². The first-order valence-corrected chi connectivity index (χ1v) is 7.28. The zero-order chi connectivity index (χ0) is 12.2. The first-order chi connectivity index (χ1) is 7.45. The van der Waals surface area contributed by atoms with Crippen molar-refractivity contribution in [2.75, 3.05) is 19.7 Å². The molecule has 96 valence electrons. The highest BCUT2D eigenvalue weighted by Gasteiger charge is 2.27. The molecular formula is C10H22N2O3S. The monoisotopic (exact) mass is 250 g/mol. The number of rotatable bonds is 6. The van der Waals surface area contributed by atoms with Crippen LogP contribution in [0.25, 0.3) is 0 Å². The third-order valence-corrected chi connectivity index (χ3v) is 4.37. The zero-order valence-corrected chi connectivity index (χ0v) is 10.8. The van der Waals surface area contributed by atoms with E-state index in [0.717, 1.165) is 12.8 Å². The number of hydrogen-bond donors (Lipinski definition) is 2. The van der Waals surface area contributed by atoms with Crippen LogP contribution in [0.1, 0.15) is 33.1 Å². The molecule has 1 fully saturated rings.